The van der Waals surface area contributed by atoms with Crippen LogP contribution in [0.25, 0.3) is 11.0 Å². The normalized spacial score (nSPS) is 16.8. The van der Waals surface area contributed by atoms with Gasteiger partial charge in [-0.1, -0.05) is 18.2 Å². The number of benzene rings is 1. The molecule has 8 heteroatoms. The topological polar surface area (TPSA) is 66.1 Å². The highest BCUT2D eigenvalue weighted by molar-refractivity contribution is 14.0. The van der Waals surface area contributed by atoms with Gasteiger partial charge in [-0.15, -0.1) is 24.0 Å². The van der Waals surface area contributed by atoms with E-state index < -0.39 is 0 Å². The number of rotatable bonds is 5. The maximum absolute atomic E-state index is 5.94. The second-order valence-electron chi connectivity index (χ2n) is 7.66. The predicted molar refractivity (Wildman–Crippen MR) is 135 cm³/mol. The number of hydrogen-bond donors (Lipinski definition) is 1. The van der Waals surface area contributed by atoms with Gasteiger partial charge in [-0.05, 0) is 36.8 Å². The van der Waals surface area contributed by atoms with Crippen LogP contribution in [-0.4, -0.2) is 55.7 Å². The summed E-state index contributed by atoms with van der Waals surface area (Å²) in [6, 6.07) is 14.3. The molecule has 3 heterocycles. The van der Waals surface area contributed by atoms with Gasteiger partial charge in [0.25, 0.3) is 0 Å². The van der Waals surface area contributed by atoms with Crippen molar-refractivity contribution in [2.45, 2.75) is 26.1 Å². The van der Waals surface area contributed by atoms with E-state index in [0.717, 1.165) is 53.8 Å². The van der Waals surface area contributed by atoms with Crippen LogP contribution in [-0.2, 0) is 17.8 Å². The molecule has 0 aliphatic carbocycles. The van der Waals surface area contributed by atoms with Crippen LogP contribution in [0.4, 0.5) is 5.82 Å². The molecule has 7 nitrogen and oxygen atoms in total. The third kappa shape index (κ3) is 5.88. The van der Waals surface area contributed by atoms with Crippen LogP contribution >= 0.6 is 24.0 Å². The molecule has 2 aromatic heterocycles. The molecule has 1 unspecified atom stereocenters. The van der Waals surface area contributed by atoms with Crippen molar-refractivity contribution >= 4 is 46.7 Å². The maximum atomic E-state index is 5.94. The Bertz CT molecular complexity index is 989. The van der Waals surface area contributed by atoms with Gasteiger partial charge >= 0.3 is 0 Å². The van der Waals surface area contributed by atoms with E-state index in [4.69, 9.17) is 9.15 Å². The van der Waals surface area contributed by atoms with Gasteiger partial charge in [0.2, 0.25) is 0 Å². The lowest BCUT2D eigenvalue weighted by Gasteiger charge is -2.32. The number of halogens is 1. The number of morpholine rings is 1. The second kappa shape index (κ2) is 10.8. The molecule has 166 valence electrons. The van der Waals surface area contributed by atoms with Gasteiger partial charge in [-0.25, -0.2) is 4.98 Å². The average Bonchev–Trinajstić information content (AvgIpc) is 3.16. The van der Waals surface area contributed by atoms with Crippen LogP contribution in [0.2, 0.25) is 0 Å². The standard InChI is InChI=1S/C23H29N5O2.HI/c1-17-15-28(10-11-29-17)22-12-18(8-9-25-22)14-26-23(24-2)27(3)16-20-13-19-6-4-5-7-21(19)30-20;/h4-9,12-13,17H,10-11,14-16H2,1-3H3,(H,24,26);1H. The fourth-order valence-corrected chi connectivity index (χ4v) is 3.76. The number of guanidine groups is 1. The van der Waals surface area contributed by atoms with Gasteiger partial charge in [-0.2, -0.15) is 0 Å². The molecule has 1 N–H and O–H groups in total. The molecule has 31 heavy (non-hydrogen) atoms. The summed E-state index contributed by atoms with van der Waals surface area (Å²) in [6.07, 6.45) is 2.10. The molecule has 1 aliphatic heterocycles. The van der Waals surface area contributed by atoms with Gasteiger partial charge in [0, 0.05) is 45.3 Å². The highest BCUT2D eigenvalue weighted by atomic mass is 127. The first-order chi connectivity index (χ1) is 14.6. The van der Waals surface area contributed by atoms with Crippen molar-refractivity contribution in [3.63, 3.8) is 0 Å². The number of nitrogens with one attached hydrogen (secondary N) is 1. The van der Waals surface area contributed by atoms with Crippen molar-refractivity contribution < 1.29 is 9.15 Å². The molecule has 0 amide bonds. The van der Waals surface area contributed by atoms with Gasteiger partial charge < -0.3 is 24.3 Å². The highest BCUT2D eigenvalue weighted by Gasteiger charge is 2.18. The Kier molecular flexibility index (Phi) is 8.14. The summed E-state index contributed by atoms with van der Waals surface area (Å²) in [7, 11) is 3.81. The van der Waals surface area contributed by atoms with E-state index in [0.29, 0.717) is 13.1 Å². The lowest BCUT2D eigenvalue weighted by molar-refractivity contribution is 0.0529. The van der Waals surface area contributed by atoms with Gasteiger partial charge in [0.1, 0.15) is 17.2 Å². The lowest BCUT2D eigenvalue weighted by atomic mass is 10.2. The van der Waals surface area contributed by atoms with Crippen LogP contribution < -0.4 is 10.2 Å². The van der Waals surface area contributed by atoms with E-state index in [-0.39, 0.29) is 30.1 Å². The van der Waals surface area contributed by atoms with Crippen LogP contribution in [0.1, 0.15) is 18.2 Å². The van der Waals surface area contributed by atoms with Gasteiger partial charge in [-0.3, -0.25) is 4.99 Å². The molecule has 0 radical (unpaired) electrons. The zero-order valence-electron chi connectivity index (χ0n) is 18.2. The van der Waals surface area contributed by atoms with Crippen molar-refractivity contribution in [2.24, 2.45) is 4.99 Å². The van der Waals surface area contributed by atoms with E-state index in [1.165, 1.54) is 0 Å². The minimum absolute atomic E-state index is 0. The van der Waals surface area contributed by atoms with Gasteiger partial charge in [0.05, 0.1) is 19.3 Å². The van der Waals surface area contributed by atoms with Crippen molar-refractivity contribution in [3.8, 4) is 0 Å². The summed E-state index contributed by atoms with van der Waals surface area (Å²) >= 11 is 0. The summed E-state index contributed by atoms with van der Waals surface area (Å²) in [5, 5.41) is 4.56. The minimum atomic E-state index is 0. The quantitative estimate of drug-likeness (QED) is 0.304. The van der Waals surface area contributed by atoms with Crippen LogP contribution in [0.15, 0.2) is 58.1 Å². The molecule has 3 aromatic rings. The number of anilines is 1. The van der Waals surface area contributed by atoms with Crippen LogP contribution in [0, 0.1) is 0 Å². The van der Waals surface area contributed by atoms with Crippen LogP contribution in [0.3, 0.4) is 0 Å². The van der Waals surface area contributed by atoms with Crippen molar-refractivity contribution in [2.75, 3.05) is 38.7 Å². The zero-order valence-corrected chi connectivity index (χ0v) is 20.6. The fraction of sp³-hybridized carbons (Fsp3) is 0.391. The van der Waals surface area contributed by atoms with Crippen molar-refractivity contribution in [3.05, 3.63) is 60.0 Å². The molecule has 1 fully saturated rings. The molecule has 1 aliphatic rings. The SMILES string of the molecule is CN=C(NCc1ccnc(N2CCOC(C)C2)c1)N(C)Cc1cc2ccccc2o1.I. The van der Waals surface area contributed by atoms with Crippen LogP contribution in [0.5, 0.6) is 0 Å². The first-order valence-corrected chi connectivity index (χ1v) is 10.3. The molecular formula is C23H30IN5O2. The molecule has 0 saturated carbocycles. The highest BCUT2D eigenvalue weighted by Crippen LogP contribution is 2.20. The van der Waals surface area contributed by atoms with E-state index in [1.807, 2.05) is 37.5 Å². The molecule has 0 spiro atoms. The number of ether oxygens (including phenoxy) is 1. The average molecular weight is 535 g/mol. The van der Waals surface area contributed by atoms with E-state index in [9.17, 15) is 0 Å². The number of furan rings is 1. The largest absolute Gasteiger partial charge is 0.459 e. The monoisotopic (exact) mass is 535 g/mol. The van der Waals surface area contributed by atoms with Crippen molar-refractivity contribution in [1.29, 1.82) is 0 Å². The Balaban J connectivity index is 0.00000272. The number of para-hydroxylation sites is 1. The smallest absolute Gasteiger partial charge is 0.194 e. The number of hydrogen-bond acceptors (Lipinski definition) is 5. The molecular weight excluding hydrogens is 505 g/mol. The Morgan fingerprint density at radius 3 is 2.90 bits per heavy atom. The first kappa shape index (κ1) is 23.3. The van der Waals surface area contributed by atoms with E-state index >= 15 is 0 Å². The number of pyridine rings is 1. The molecule has 1 saturated heterocycles. The maximum Gasteiger partial charge on any atom is 0.194 e. The number of aliphatic imine (C=N–C) groups is 1. The van der Waals surface area contributed by atoms with E-state index in [2.05, 4.69) is 50.2 Å². The minimum Gasteiger partial charge on any atom is -0.459 e. The number of aromatic nitrogens is 1. The molecule has 1 atom stereocenters. The summed E-state index contributed by atoms with van der Waals surface area (Å²) in [5.74, 6) is 2.72. The number of nitrogens with zero attached hydrogens (tertiary/aromatic N) is 4. The predicted octanol–water partition coefficient (Wildman–Crippen LogP) is 3.88. The fourth-order valence-electron chi connectivity index (χ4n) is 3.76. The van der Waals surface area contributed by atoms with Gasteiger partial charge in [0.15, 0.2) is 5.96 Å². The number of fused-ring (bicyclic) bond motifs is 1. The lowest BCUT2D eigenvalue weighted by Crippen LogP contribution is -2.41. The third-order valence-electron chi connectivity index (χ3n) is 5.27. The summed E-state index contributed by atoms with van der Waals surface area (Å²) in [5.41, 5.74) is 2.07. The Labute approximate surface area is 200 Å². The van der Waals surface area contributed by atoms with E-state index in [1.54, 1.807) is 7.05 Å². The molecule has 4 rings (SSSR count). The summed E-state index contributed by atoms with van der Waals surface area (Å²) < 4.78 is 11.6. The molecule has 0 bridgehead atoms. The van der Waals surface area contributed by atoms with Crippen molar-refractivity contribution in [1.82, 2.24) is 15.2 Å². The Morgan fingerprint density at radius 1 is 1.29 bits per heavy atom. The Hall–Kier alpha value is -2.33. The zero-order chi connectivity index (χ0) is 20.9. The summed E-state index contributed by atoms with van der Waals surface area (Å²) in [6.45, 7) is 5.89. The summed E-state index contributed by atoms with van der Waals surface area (Å²) in [4.78, 5) is 13.3. The third-order valence-corrected chi connectivity index (χ3v) is 5.27. The second-order valence-corrected chi connectivity index (χ2v) is 7.66. The molecule has 1 aromatic carbocycles. The Morgan fingerprint density at radius 2 is 2.13 bits per heavy atom. The first-order valence-electron chi connectivity index (χ1n) is 10.3.